The van der Waals surface area contributed by atoms with Crippen molar-refractivity contribution in [2.24, 2.45) is 11.8 Å². The molecule has 4 heteroatoms. The van der Waals surface area contributed by atoms with Gasteiger partial charge in [0.25, 0.3) is 0 Å². The molecule has 0 aromatic heterocycles. The van der Waals surface area contributed by atoms with Crippen LogP contribution in [0.3, 0.4) is 0 Å². The van der Waals surface area contributed by atoms with Crippen LogP contribution >= 0.6 is 31.9 Å². The van der Waals surface area contributed by atoms with Gasteiger partial charge < -0.3 is 9.47 Å². The third-order valence-corrected chi connectivity index (χ3v) is 9.15. The Labute approximate surface area is 216 Å². The van der Waals surface area contributed by atoms with E-state index in [1.54, 1.807) is 0 Å². The first-order valence-electron chi connectivity index (χ1n) is 12.9. The maximum Gasteiger partial charge on any atom is 0.0849 e. The molecule has 2 aliphatic heterocycles. The van der Waals surface area contributed by atoms with Crippen LogP contribution < -0.4 is 0 Å². The molecule has 2 aromatic carbocycles. The number of hydrogen-bond donors (Lipinski definition) is 0. The minimum Gasteiger partial charge on any atom is -0.373 e. The second-order valence-corrected chi connectivity index (χ2v) is 12.0. The number of unbranched alkanes of at least 4 members (excludes halogenated alkanes) is 4. The first-order chi connectivity index (χ1) is 16.1. The Hall–Kier alpha value is -0.680. The van der Waals surface area contributed by atoms with Gasteiger partial charge in [-0.3, -0.25) is 0 Å². The standard InChI is InChI=1S/C29H36Br2O2/c1-3-5-7-9-23(27-17-32-27)29(24(28-18-33-28)10-8-6-4-2)25-15-19(30)11-13-21(25)22-14-12-20(31)16-26(22)29/h11-16,23-24,27-28H,3-10,17-18H2,1-2H3. The lowest BCUT2D eigenvalue weighted by molar-refractivity contribution is 0.128. The molecular weight excluding hydrogens is 540 g/mol. The topological polar surface area (TPSA) is 25.1 Å². The second kappa shape index (κ2) is 10.1. The Morgan fingerprint density at radius 2 is 1.18 bits per heavy atom. The minimum atomic E-state index is -0.0674. The summed E-state index contributed by atoms with van der Waals surface area (Å²) in [6, 6.07) is 13.9. The lowest BCUT2D eigenvalue weighted by Gasteiger charge is -2.45. The molecule has 5 rings (SSSR count). The van der Waals surface area contributed by atoms with Gasteiger partial charge in [0.1, 0.15) is 0 Å². The zero-order valence-electron chi connectivity index (χ0n) is 19.9. The smallest absolute Gasteiger partial charge is 0.0849 e. The third-order valence-electron chi connectivity index (χ3n) is 8.17. The van der Waals surface area contributed by atoms with Gasteiger partial charge in [-0.25, -0.2) is 0 Å². The Morgan fingerprint density at radius 1 is 0.758 bits per heavy atom. The number of hydrogen-bond acceptors (Lipinski definition) is 2. The number of benzene rings is 2. The van der Waals surface area contributed by atoms with E-state index in [0.717, 1.165) is 13.2 Å². The zero-order chi connectivity index (χ0) is 23.0. The van der Waals surface area contributed by atoms with E-state index in [2.05, 4.69) is 82.1 Å². The van der Waals surface area contributed by atoms with Gasteiger partial charge in [-0.1, -0.05) is 96.4 Å². The van der Waals surface area contributed by atoms with Crippen LogP contribution in [-0.2, 0) is 14.9 Å². The fourth-order valence-electron chi connectivity index (χ4n) is 6.62. The Balaban J connectivity index is 1.73. The molecule has 0 radical (unpaired) electrons. The van der Waals surface area contributed by atoms with Crippen LogP contribution in [0.15, 0.2) is 45.3 Å². The lowest BCUT2D eigenvalue weighted by Crippen LogP contribution is -2.47. The summed E-state index contributed by atoms with van der Waals surface area (Å²) in [5.74, 6) is 0.951. The highest BCUT2D eigenvalue weighted by Gasteiger charge is 2.60. The molecule has 2 aromatic rings. The molecule has 4 atom stereocenters. The summed E-state index contributed by atoms with van der Waals surface area (Å²) in [7, 11) is 0. The van der Waals surface area contributed by atoms with Crippen LogP contribution in [-0.4, -0.2) is 25.4 Å². The van der Waals surface area contributed by atoms with E-state index in [9.17, 15) is 0 Å². The van der Waals surface area contributed by atoms with E-state index in [1.165, 1.54) is 82.6 Å². The number of ether oxygens (including phenoxy) is 2. The van der Waals surface area contributed by atoms with Crippen molar-refractivity contribution in [3.8, 4) is 11.1 Å². The molecule has 2 saturated heterocycles. The van der Waals surface area contributed by atoms with Gasteiger partial charge in [-0.15, -0.1) is 0 Å². The number of fused-ring (bicyclic) bond motifs is 3. The van der Waals surface area contributed by atoms with Crippen molar-refractivity contribution in [1.82, 2.24) is 0 Å². The van der Waals surface area contributed by atoms with Gasteiger partial charge in [0.15, 0.2) is 0 Å². The Morgan fingerprint density at radius 3 is 1.55 bits per heavy atom. The van der Waals surface area contributed by atoms with E-state index in [0.29, 0.717) is 24.0 Å². The summed E-state index contributed by atoms with van der Waals surface area (Å²) in [6.45, 7) is 6.41. The normalized spacial score (nSPS) is 23.6. The van der Waals surface area contributed by atoms with E-state index in [-0.39, 0.29) is 5.41 Å². The summed E-state index contributed by atoms with van der Waals surface area (Å²) in [4.78, 5) is 0. The number of halogens is 2. The molecule has 2 heterocycles. The number of rotatable bonds is 12. The fourth-order valence-corrected chi connectivity index (χ4v) is 7.35. The molecule has 0 amide bonds. The molecule has 33 heavy (non-hydrogen) atoms. The van der Waals surface area contributed by atoms with E-state index in [4.69, 9.17) is 9.47 Å². The fraction of sp³-hybridized carbons (Fsp3) is 0.586. The molecular formula is C29H36Br2O2. The molecule has 0 bridgehead atoms. The second-order valence-electron chi connectivity index (χ2n) is 10.2. The summed E-state index contributed by atoms with van der Waals surface area (Å²) >= 11 is 7.67. The maximum atomic E-state index is 6.14. The van der Waals surface area contributed by atoms with Gasteiger partial charge >= 0.3 is 0 Å². The zero-order valence-corrected chi connectivity index (χ0v) is 23.1. The Bertz CT molecular complexity index is 900. The third kappa shape index (κ3) is 4.50. The van der Waals surface area contributed by atoms with Gasteiger partial charge in [-0.05, 0) is 59.4 Å². The van der Waals surface area contributed by atoms with Gasteiger partial charge in [0, 0.05) is 26.2 Å². The molecule has 0 N–H and O–H groups in total. The Kier molecular flexibility index (Phi) is 7.38. The van der Waals surface area contributed by atoms with Crippen LogP contribution in [0.2, 0.25) is 0 Å². The average Bonchev–Trinajstić information content (AvgIpc) is 3.72. The van der Waals surface area contributed by atoms with E-state index < -0.39 is 0 Å². The average molecular weight is 576 g/mol. The molecule has 4 unspecified atom stereocenters. The van der Waals surface area contributed by atoms with E-state index >= 15 is 0 Å². The van der Waals surface area contributed by atoms with Crippen LogP contribution in [0.1, 0.15) is 76.3 Å². The first-order valence-corrected chi connectivity index (χ1v) is 14.5. The lowest BCUT2D eigenvalue weighted by atomic mass is 9.56. The summed E-state index contributed by atoms with van der Waals surface area (Å²) in [5, 5.41) is 0. The van der Waals surface area contributed by atoms with Crippen LogP contribution in [0, 0.1) is 11.8 Å². The van der Waals surface area contributed by atoms with Crippen molar-refractivity contribution < 1.29 is 9.47 Å². The van der Waals surface area contributed by atoms with Crippen molar-refractivity contribution >= 4 is 31.9 Å². The minimum absolute atomic E-state index is 0.0674. The highest BCUT2D eigenvalue weighted by atomic mass is 79.9. The van der Waals surface area contributed by atoms with Crippen LogP contribution in [0.4, 0.5) is 0 Å². The SMILES string of the molecule is CCCCCC(C1CO1)C1(C(CCCCC)C2CO2)c2cc(Br)ccc2-c2ccc(Br)cc21. The summed E-state index contributed by atoms with van der Waals surface area (Å²) in [6.07, 6.45) is 10.7. The molecule has 178 valence electrons. The predicted molar refractivity (Wildman–Crippen MR) is 143 cm³/mol. The molecule has 3 aliphatic rings. The van der Waals surface area contributed by atoms with Crippen molar-refractivity contribution in [3.63, 3.8) is 0 Å². The van der Waals surface area contributed by atoms with Gasteiger partial charge in [-0.2, -0.15) is 0 Å². The summed E-state index contributed by atoms with van der Waals surface area (Å²) in [5.41, 5.74) is 5.74. The van der Waals surface area contributed by atoms with Crippen molar-refractivity contribution in [2.45, 2.75) is 82.8 Å². The highest BCUT2D eigenvalue weighted by molar-refractivity contribution is 9.10. The maximum absolute atomic E-state index is 6.14. The van der Waals surface area contributed by atoms with Crippen LogP contribution in [0.5, 0.6) is 0 Å². The van der Waals surface area contributed by atoms with Crippen LogP contribution in [0.25, 0.3) is 11.1 Å². The molecule has 0 spiro atoms. The van der Waals surface area contributed by atoms with E-state index in [1.807, 2.05) is 0 Å². The highest BCUT2D eigenvalue weighted by Crippen LogP contribution is 2.63. The monoisotopic (exact) mass is 574 g/mol. The summed E-state index contributed by atoms with van der Waals surface area (Å²) < 4.78 is 14.6. The van der Waals surface area contributed by atoms with Crippen molar-refractivity contribution in [3.05, 3.63) is 56.5 Å². The number of epoxide rings is 2. The predicted octanol–water partition coefficient (Wildman–Crippen LogP) is 8.67. The van der Waals surface area contributed by atoms with Crippen molar-refractivity contribution in [1.29, 1.82) is 0 Å². The largest absolute Gasteiger partial charge is 0.373 e. The molecule has 2 nitrogen and oxygen atoms in total. The molecule has 1 aliphatic carbocycles. The quantitative estimate of drug-likeness (QED) is 0.187. The first kappa shape index (κ1) is 24.0. The van der Waals surface area contributed by atoms with Gasteiger partial charge in [0.05, 0.1) is 25.4 Å². The molecule has 0 saturated carbocycles. The van der Waals surface area contributed by atoms with Gasteiger partial charge in [0.2, 0.25) is 0 Å². The molecule has 2 fully saturated rings. The van der Waals surface area contributed by atoms with Crippen molar-refractivity contribution in [2.75, 3.05) is 13.2 Å².